The topological polar surface area (TPSA) is 51.4 Å². The molecule has 26 heavy (non-hydrogen) atoms. The Morgan fingerprint density at radius 3 is 2.77 bits per heavy atom. The second-order valence-corrected chi connectivity index (χ2v) is 6.80. The van der Waals surface area contributed by atoms with Gasteiger partial charge < -0.3 is 9.26 Å². The molecule has 1 aliphatic rings. The molecule has 134 valence electrons. The fourth-order valence-corrected chi connectivity index (χ4v) is 3.68. The lowest BCUT2D eigenvalue weighted by Crippen LogP contribution is -2.22. The summed E-state index contributed by atoms with van der Waals surface area (Å²) in [4.78, 5) is 6.92. The van der Waals surface area contributed by atoms with Crippen LogP contribution in [0.15, 0.2) is 53.1 Å². The van der Waals surface area contributed by atoms with Crippen LogP contribution >= 0.6 is 11.6 Å². The number of aromatic nitrogens is 2. The standard InChI is InChI=1S/C20H20ClN3O2/c1-25-15-10-8-14(9-11-15)18-7-4-12-24(18)13-19-22-20(23-26-19)16-5-2-3-6-17(16)21/h2-3,5-6,8-11,18H,4,7,12-13H2,1H3/t18-/m0/s1. The first-order valence-corrected chi connectivity index (χ1v) is 9.08. The van der Waals surface area contributed by atoms with Crippen LogP contribution in [-0.4, -0.2) is 28.7 Å². The van der Waals surface area contributed by atoms with Gasteiger partial charge in [-0.2, -0.15) is 4.98 Å². The van der Waals surface area contributed by atoms with Gasteiger partial charge in [0.1, 0.15) is 5.75 Å². The van der Waals surface area contributed by atoms with Gasteiger partial charge in [-0.05, 0) is 49.2 Å². The summed E-state index contributed by atoms with van der Waals surface area (Å²) >= 11 is 6.22. The average molecular weight is 370 g/mol. The Morgan fingerprint density at radius 2 is 2.00 bits per heavy atom. The summed E-state index contributed by atoms with van der Waals surface area (Å²) in [5.41, 5.74) is 2.08. The molecule has 0 bridgehead atoms. The van der Waals surface area contributed by atoms with Gasteiger partial charge in [0.05, 0.1) is 18.7 Å². The summed E-state index contributed by atoms with van der Waals surface area (Å²) in [6.07, 6.45) is 2.28. The van der Waals surface area contributed by atoms with Gasteiger partial charge in [0.2, 0.25) is 11.7 Å². The molecule has 0 radical (unpaired) electrons. The SMILES string of the molecule is COc1ccc([C@@H]2CCCN2Cc2nc(-c3ccccc3Cl)no2)cc1. The van der Waals surface area contributed by atoms with Crippen LogP contribution in [0.4, 0.5) is 0 Å². The third-order valence-corrected chi connectivity index (χ3v) is 5.12. The fraction of sp³-hybridized carbons (Fsp3) is 0.300. The van der Waals surface area contributed by atoms with Gasteiger partial charge >= 0.3 is 0 Å². The van der Waals surface area contributed by atoms with Crippen LogP contribution in [0, 0.1) is 0 Å². The van der Waals surface area contributed by atoms with Crippen molar-refractivity contribution in [3.05, 3.63) is 65.0 Å². The zero-order valence-electron chi connectivity index (χ0n) is 14.6. The molecule has 3 aromatic rings. The van der Waals surface area contributed by atoms with Crippen LogP contribution in [0.25, 0.3) is 11.4 Å². The summed E-state index contributed by atoms with van der Waals surface area (Å²) in [5.74, 6) is 2.02. The van der Waals surface area contributed by atoms with E-state index in [1.54, 1.807) is 7.11 Å². The van der Waals surface area contributed by atoms with Crippen molar-refractivity contribution in [2.45, 2.75) is 25.4 Å². The molecule has 6 heteroatoms. The highest BCUT2D eigenvalue weighted by atomic mass is 35.5. The summed E-state index contributed by atoms with van der Waals surface area (Å²) in [6, 6.07) is 16.2. The molecule has 0 amide bonds. The van der Waals surface area contributed by atoms with E-state index in [4.69, 9.17) is 20.9 Å². The molecule has 0 unspecified atom stereocenters. The molecule has 0 saturated carbocycles. The zero-order valence-corrected chi connectivity index (χ0v) is 15.3. The molecule has 0 aliphatic carbocycles. The molecular weight excluding hydrogens is 350 g/mol. The van der Waals surface area contributed by atoms with Gasteiger partial charge in [0.25, 0.3) is 0 Å². The Balaban J connectivity index is 1.50. The van der Waals surface area contributed by atoms with Crippen LogP contribution in [0.1, 0.15) is 30.3 Å². The Morgan fingerprint density at radius 1 is 1.19 bits per heavy atom. The average Bonchev–Trinajstić information content (AvgIpc) is 3.32. The van der Waals surface area contributed by atoms with Crippen molar-refractivity contribution in [2.24, 2.45) is 0 Å². The maximum Gasteiger partial charge on any atom is 0.241 e. The van der Waals surface area contributed by atoms with Crippen molar-refractivity contribution in [1.29, 1.82) is 0 Å². The Kier molecular flexibility index (Phi) is 4.91. The van der Waals surface area contributed by atoms with Crippen LogP contribution in [-0.2, 0) is 6.54 Å². The number of likely N-dealkylation sites (tertiary alicyclic amines) is 1. The van der Waals surface area contributed by atoms with Crippen LogP contribution in [0.5, 0.6) is 5.75 Å². The number of ether oxygens (including phenoxy) is 1. The number of hydrogen-bond acceptors (Lipinski definition) is 5. The Labute approximate surface area is 157 Å². The highest BCUT2D eigenvalue weighted by Gasteiger charge is 2.27. The normalized spacial score (nSPS) is 17.5. The molecular formula is C20H20ClN3O2. The second-order valence-electron chi connectivity index (χ2n) is 6.39. The number of hydrogen-bond donors (Lipinski definition) is 0. The van der Waals surface area contributed by atoms with Crippen molar-refractivity contribution in [3.63, 3.8) is 0 Å². The predicted octanol–water partition coefficient (Wildman–Crippen LogP) is 4.74. The maximum absolute atomic E-state index is 6.22. The molecule has 0 spiro atoms. The quantitative estimate of drug-likeness (QED) is 0.650. The van der Waals surface area contributed by atoms with E-state index < -0.39 is 0 Å². The van der Waals surface area contributed by atoms with Gasteiger partial charge in [0, 0.05) is 11.6 Å². The molecule has 1 atom stereocenters. The van der Waals surface area contributed by atoms with Crippen molar-refractivity contribution < 1.29 is 9.26 Å². The van der Waals surface area contributed by atoms with Gasteiger partial charge in [-0.25, -0.2) is 0 Å². The number of methoxy groups -OCH3 is 1. The van der Waals surface area contributed by atoms with E-state index in [-0.39, 0.29) is 0 Å². The van der Waals surface area contributed by atoms with E-state index in [1.807, 2.05) is 36.4 Å². The van der Waals surface area contributed by atoms with E-state index in [0.29, 0.717) is 29.3 Å². The monoisotopic (exact) mass is 369 g/mol. The number of halogens is 1. The van der Waals surface area contributed by atoms with E-state index in [2.05, 4.69) is 27.2 Å². The van der Waals surface area contributed by atoms with Crippen molar-refractivity contribution >= 4 is 11.6 Å². The van der Waals surface area contributed by atoms with Crippen LogP contribution in [0.3, 0.4) is 0 Å². The molecule has 1 aliphatic heterocycles. The Hall–Kier alpha value is -2.37. The first kappa shape index (κ1) is 17.1. The minimum atomic E-state index is 0.358. The van der Waals surface area contributed by atoms with Crippen molar-refractivity contribution in [1.82, 2.24) is 15.0 Å². The smallest absolute Gasteiger partial charge is 0.241 e. The van der Waals surface area contributed by atoms with Gasteiger partial charge in [-0.15, -0.1) is 0 Å². The highest BCUT2D eigenvalue weighted by molar-refractivity contribution is 6.33. The van der Waals surface area contributed by atoms with Crippen LogP contribution in [0.2, 0.25) is 5.02 Å². The van der Waals surface area contributed by atoms with E-state index >= 15 is 0 Å². The molecule has 2 heterocycles. The summed E-state index contributed by atoms with van der Waals surface area (Å²) in [5, 5.41) is 4.72. The first-order chi connectivity index (χ1) is 12.7. The summed E-state index contributed by atoms with van der Waals surface area (Å²) < 4.78 is 10.7. The van der Waals surface area contributed by atoms with E-state index in [0.717, 1.165) is 30.7 Å². The molecule has 1 saturated heterocycles. The lowest BCUT2D eigenvalue weighted by Gasteiger charge is -2.23. The second kappa shape index (κ2) is 7.48. The molecule has 2 aromatic carbocycles. The van der Waals surface area contributed by atoms with Gasteiger partial charge in [-0.3, -0.25) is 4.90 Å². The summed E-state index contributed by atoms with van der Waals surface area (Å²) in [7, 11) is 1.68. The minimum absolute atomic E-state index is 0.358. The van der Waals surface area contributed by atoms with Crippen molar-refractivity contribution in [3.8, 4) is 17.1 Å². The highest BCUT2D eigenvalue weighted by Crippen LogP contribution is 2.34. The van der Waals surface area contributed by atoms with Gasteiger partial charge in [-0.1, -0.05) is 41.0 Å². The van der Waals surface area contributed by atoms with Crippen LogP contribution < -0.4 is 4.74 Å². The first-order valence-electron chi connectivity index (χ1n) is 8.70. The largest absolute Gasteiger partial charge is 0.497 e. The predicted molar refractivity (Wildman–Crippen MR) is 100 cm³/mol. The third kappa shape index (κ3) is 3.45. The fourth-order valence-electron chi connectivity index (χ4n) is 3.46. The summed E-state index contributed by atoms with van der Waals surface area (Å²) in [6.45, 7) is 1.65. The molecule has 5 nitrogen and oxygen atoms in total. The molecule has 0 N–H and O–H groups in total. The minimum Gasteiger partial charge on any atom is -0.497 e. The Bertz CT molecular complexity index is 879. The number of benzene rings is 2. The lowest BCUT2D eigenvalue weighted by atomic mass is 10.0. The van der Waals surface area contributed by atoms with Crippen molar-refractivity contribution in [2.75, 3.05) is 13.7 Å². The van der Waals surface area contributed by atoms with Gasteiger partial charge in [0.15, 0.2) is 0 Å². The molecule has 4 rings (SSSR count). The molecule has 1 fully saturated rings. The lowest BCUT2D eigenvalue weighted by molar-refractivity contribution is 0.212. The third-order valence-electron chi connectivity index (χ3n) is 4.79. The maximum atomic E-state index is 6.22. The number of nitrogens with zero attached hydrogens (tertiary/aromatic N) is 3. The number of rotatable bonds is 5. The van der Waals surface area contributed by atoms with E-state index in [1.165, 1.54) is 5.56 Å². The van der Waals surface area contributed by atoms with E-state index in [9.17, 15) is 0 Å². The molecule has 1 aromatic heterocycles. The zero-order chi connectivity index (χ0) is 17.9.